The van der Waals surface area contributed by atoms with Gasteiger partial charge in [-0.2, -0.15) is 0 Å². The molecule has 0 aromatic rings. The molecule has 0 aliphatic carbocycles. The van der Waals surface area contributed by atoms with Gasteiger partial charge in [0, 0.05) is 19.8 Å². The van der Waals surface area contributed by atoms with E-state index >= 15 is 0 Å². The van der Waals surface area contributed by atoms with Gasteiger partial charge in [0.25, 0.3) is 0 Å². The van der Waals surface area contributed by atoms with Crippen molar-refractivity contribution in [3.05, 3.63) is 12.2 Å². The van der Waals surface area contributed by atoms with Crippen LogP contribution in [0.5, 0.6) is 0 Å². The Kier molecular flexibility index (Phi) is 6.48. The Balaban J connectivity index is 3.54. The van der Waals surface area contributed by atoms with Gasteiger partial charge in [-0.05, 0) is 18.9 Å². The number of rotatable bonds is 7. The fourth-order valence-corrected chi connectivity index (χ4v) is 2.12. The highest BCUT2D eigenvalue weighted by Gasteiger charge is 2.10. The lowest BCUT2D eigenvalue weighted by atomic mass is 10.2. The Bertz CT molecular complexity index is 177. The van der Waals surface area contributed by atoms with E-state index < -0.39 is 15.3 Å². The van der Waals surface area contributed by atoms with Crippen molar-refractivity contribution in [2.75, 3.05) is 14.2 Å². The summed E-state index contributed by atoms with van der Waals surface area (Å²) in [4.78, 5) is 10.4. The Morgan fingerprint density at radius 2 is 2.00 bits per heavy atom. The van der Waals surface area contributed by atoms with Crippen LogP contribution in [0.3, 0.4) is 0 Å². The van der Waals surface area contributed by atoms with Crippen molar-refractivity contribution in [1.29, 1.82) is 0 Å². The van der Waals surface area contributed by atoms with Crippen LogP contribution in [-0.2, 0) is 13.6 Å². The summed E-state index contributed by atoms with van der Waals surface area (Å²) in [7, 11) is 1.72. The van der Waals surface area contributed by atoms with Crippen LogP contribution in [0.1, 0.15) is 12.8 Å². The van der Waals surface area contributed by atoms with Crippen molar-refractivity contribution < 1.29 is 18.8 Å². The summed E-state index contributed by atoms with van der Waals surface area (Å²) in [5.74, 6) is -0.923. The second-order valence-corrected chi connectivity index (χ2v) is 5.08. The summed E-state index contributed by atoms with van der Waals surface area (Å²) >= 11 is 0. The monoisotopic (exact) mass is 204 g/mol. The lowest BCUT2D eigenvalue weighted by molar-refractivity contribution is -0.132. The van der Waals surface area contributed by atoms with Crippen molar-refractivity contribution in [2.45, 2.75) is 18.9 Å². The lowest BCUT2D eigenvalue weighted by Gasteiger charge is -2.09. The van der Waals surface area contributed by atoms with E-state index in [1.165, 1.54) is 0 Å². The van der Waals surface area contributed by atoms with E-state index in [2.05, 4.69) is 6.58 Å². The minimum atomic E-state index is -1.52. The van der Waals surface area contributed by atoms with Gasteiger partial charge in [0.15, 0.2) is 0 Å². The normalized spacial score (nSPS) is 10.4. The first kappa shape index (κ1) is 12.3. The van der Waals surface area contributed by atoms with E-state index in [1.54, 1.807) is 14.2 Å². The predicted molar refractivity (Wildman–Crippen MR) is 52.0 cm³/mol. The summed E-state index contributed by atoms with van der Waals surface area (Å²) in [6, 6.07) is 0.819. The molecule has 5 heteroatoms. The molecular formula is C8H16O4Si. The molecule has 0 saturated heterocycles. The molecule has 0 atom stereocenters. The lowest BCUT2D eigenvalue weighted by Crippen LogP contribution is -2.18. The predicted octanol–water partition coefficient (Wildman–Crippen LogP) is 0.921. The fraction of sp³-hybridized carbons (Fsp3) is 0.625. The maximum Gasteiger partial charge on any atom is 0.330 e. The summed E-state index contributed by atoms with van der Waals surface area (Å²) in [6.45, 7) is 3.44. The van der Waals surface area contributed by atoms with Crippen molar-refractivity contribution in [3.63, 3.8) is 0 Å². The summed E-state index contributed by atoms with van der Waals surface area (Å²) in [5, 5.41) is 8.51. The summed E-state index contributed by atoms with van der Waals surface area (Å²) in [5.41, 5.74) is 0.250. The number of carboxylic acids is 1. The number of hydrogen-bond donors (Lipinski definition) is 1. The van der Waals surface area contributed by atoms with E-state index in [0.717, 1.165) is 12.5 Å². The van der Waals surface area contributed by atoms with E-state index in [9.17, 15) is 4.79 Å². The number of carboxylic acid groups (broad SMARTS) is 1. The Morgan fingerprint density at radius 3 is 2.38 bits per heavy atom. The smallest absolute Gasteiger partial charge is 0.330 e. The fourth-order valence-electron chi connectivity index (χ4n) is 0.921. The molecular weight excluding hydrogens is 188 g/mol. The summed E-state index contributed by atoms with van der Waals surface area (Å²) < 4.78 is 10.2. The minimum absolute atomic E-state index is 0.250. The highest BCUT2D eigenvalue weighted by Crippen LogP contribution is 2.08. The molecule has 0 amide bonds. The third-order valence-corrected chi connectivity index (χ3v) is 3.68. The third kappa shape index (κ3) is 5.56. The van der Waals surface area contributed by atoms with Gasteiger partial charge < -0.3 is 14.0 Å². The molecule has 13 heavy (non-hydrogen) atoms. The van der Waals surface area contributed by atoms with Crippen molar-refractivity contribution >= 4 is 15.3 Å². The molecule has 0 aromatic heterocycles. The molecule has 0 bridgehead atoms. The number of hydrogen-bond acceptors (Lipinski definition) is 3. The molecule has 0 fully saturated rings. The largest absolute Gasteiger partial charge is 0.478 e. The third-order valence-electron chi connectivity index (χ3n) is 1.75. The molecule has 1 N–H and O–H groups in total. The van der Waals surface area contributed by atoms with Gasteiger partial charge in [-0.15, -0.1) is 0 Å². The first-order chi connectivity index (χ1) is 6.11. The van der Waals surface area contributed by atoms with Crippen LogP contribution >= 0.6 is 0 Å². The SMILES string of the molecule is C=C(CCC[SiH](OC)OC)C(=O)O. The van der Waals surface area contributed by atoms with E-state index in [-0.39, 0.29) is 5.57 Å². The van der Waals surface area contributed by atoms with Gasteiger partial charge in [0.1, 0.15) is 0 Å². The van der Waals surface area contributed by atoms with E-state index in [4.69, 9.17) is 14.0 Å². The van der Waals surface area contributed by atoms with Crippen LogP contribution in [0.15, 0.2) is 12.2 Å². The topological polar surface area (TPSA) is 55.8 Å². The van der Waals surface area contributed by atoms with Crippen molar-refractivity contribution in [3.8, 4) is 0 Å². The molecule has 0 aliphatic rings. The first-order valence-corrected chi connectivity index (χ1v) is 5.84. The van der Waals surface area contributed by atoms with Crippen molar-refractivity contribution in [1.82, 2.24) is 0 Å². The van der Waals surface area contributed by atoms with Gasteiger partial charge in [0.2, 0.25) is 0 Å². The Labute approximate surface area is 80.0 Å². The zero-order valence-electron chi connectivity index (χ0n) is 8.08. The van der Waals surface area contributed by atoms with Crippen molar-refractivity contribution in [2.24, 2.45) is 0 Å². The standard InChI is InChI=1S/C8H16O4Si/c1-7(8(9)10)5-4-6-13(11-2)12-3/h13H,1,4-6H2,2-3H3,(H,9,10). The molecule has 0 spiro atoms. The second kappa shape index (κ2) is 6.82. The molecule has 76 valence electrons. The van der Waals surface area contributed by atoms with E-state index in [0.29, 0.717) is 6.42 Å². The zero-order valence-corrected chi connectivity index (χ0v) is 9.23. The van der Waals surface area contributed by atoms with Crippen LogP contribution in [0.4, 0.5) is 0 Å². The quantitative estimate of drug-likeness (QED) is 0.495. The van der Waals surface area contributed by atoms with Crippen LogP contribution in [0, 0.1) is 0 Å². The van der Waals surface area contributed by atoms with Gasteiger partial charge in [0.05, 0.1) is 0 Å². The molecule has 0 rings (SSSR count). The molecule has 0 aromatic carbocycles. The maximum absolute atomic E-state index is 10.4. The highest BCUT2D eigenvalue weighted by molar-refractivity contribution is 6.44. The highest BCUT2D eigenvalue weighted by atomic mass is 28.3. The summed E-state index contributed by atoms with van der Waals surface area (Å²) in [6.07, 6.45) is 1.27. The first-order valence-electron chi connectivity index (χ1n) is 4.08. The molecule has 0 heterocycles. The van der Waals surface area contributed by atoms with Gasteiger partial charge >= 0.3 is 15.3 Å². The second-order valence-electron chi connectivity index (χ2n) is 2.70. The number of carbonyl (C=O) groups is 1. The Morgan fingerprint density at radius 1 is 1.46 bits per heavy atom. The molecule has 4 nitrogen and oxygen atoms in total. The molecule has 0 saturated carbocycles. The van der Waals surface area contributed by atoms with Crippen LogP contribution < -0.4 is 0 Å². The van der Waals surface area contributed by atoms with Crippen LogP contribution in [0.25, 0.3) is 0 Å². The number of aliphatic carboxylic acids is 1. The minimum Gasteiger partial charge on any atom is -0.478 e. The van der Waals surface area contributed by atoms with E-state index in [1.807, 2.05) is 0 Å². The van der Waals surface area contributed by atoms with Crippen LogP contribution in [0.2, 0.25) is 6.04 Å². The average Bonchev–Trinajstić information content (AvgIpc) is 2.12. The Hall–Kier alpha value is -0.653. The molecule has 0 aliphatic heterocycles. The molecule has 0 radical (unpaired) electrons. The zero-order chi connectivity index (χ0) is 10.3. The average molecular weight is 204 g/mol. The van der Waals surface area contributed by atoms with Gasteiger partial charge in [-0.3, -0.25) is 0 Å². The van der Waals surface area contributed by atoms with Crippen LogP contribution in [-0.4, -0.2) is 34.6 Å². The maximum atomic E-state index is 10.4. The van der Waals surface area contributed by atoms with Gasteiger partial charge in [-0.1, -0.05) is 6.58 Å². The molecule has 0 unspecified atom stereocenters. The van der Waals surface area contributed by atoms with Gasteiger partial charge in [-0.25, -0.2) is 4.79 Å².